The number of amides is 4. The van der Waals surface area contributed by atoms with Crippen molar-refractivity contribution in [1.29, 1.82) is 0 Å². The highest BCUT2D eigenvalue weighted by atomic mass is 16.5. The minimum absolute atomic E-state index is 0.0240. The molecule has 1 radical (unpaired) electrons. The molecule has 51 heavy (non-hydrogen) atoms. The van der Waals surface area contributed by atoms with Gasteiger partial charge >= 0.3 is 5.97 Å². The van der Waals surface area contributed by atoms with Crippen molar-refractivity contribution in [3.63, 3.8) is 0 Å². The van der Waals surface area contributed by atoms with Crippen LogP contribution in [0.25, 0.3) is 0 Å². The number of carboxylic acids is 2. The average molecular weight is 731 g/mol. The maximum atomic E-state index is 12.3. The third-order valence-corrected chi connectivity index (χ3v) is 7.68. The van der Waals surface area contributed by atoms with Crippen molar-refractivity contribution in [3.05, 3.63) is 0 Å². The van der Waals surface area contributed by atoms with Gasteiger partial charge in [0.25, 0.3) is 5.91 Å². The fraction of sp³-hybridized carbons (Fsp3) is 0.829. The Morgan fingerprint density at radius 1 is 0.529 bits per heavy atom. The first-order valence-corrected chi connectivity index (χ1v) is 18.4. The molecule has 0 aromatic carbocycles. The Bertz CT molecular complexity index is 954. The van der Waals surface area contributed by atoms with Crippen LogP contribution < -0.4 is 26.8 Å². The van der Waals surface area contributed by atoms with Crippen molar-refractivity contribution < 1.29 is 57.9 Å². The molecule has 0 saturated carbocycles. The first kappa shape index (κ1) is 47.7. The largest absolute Gasteiger partial charge is 0.550 e. The van der Waals surface area contributed by atoms with Crippen LogP contribution in [0, 0.1) is 0 Å². The van der Waals surface area contributed by atoms with Crippen LogP contribution in [0.5, 0.6) is 0 Å². The number of carboxylic acid groups (broad SMARTS) is 2. The van der Waals surface area contributed by atoms with Crippen LogP contribution >= 0.6 is 0 Å². The quantitative estimate of drug-likeness (QED) is 0.0660. The van der Waals surface area contributed by atoms with Crippen molar-refractivity contribution in [2.24, 2.45) is 0 Å². The molecule has 0 aromatic heterocycles. The summed E-state index contributed by atoms with van der Waals surface area (Å²) in [6.45, 7) is 1.33. The molecule has 1 atom stereocenters. The molecule has 5 N–H and O–H groups in total. The number of unbranched alkanes of at least 4 members (excludes halogenated alkanes) is 13. The molecular formula is C35H62N4O12-. The standard InChI is InChI=1S/C35H63N4O12/c36-30(40)27-50-25-23-49-22-20-38-33(43)28-51-26-24-48-21-19-37-31(41)18-17-29(35(46)47)39-32(42)15-13-11-9-7-5-3-1-2-4-6-8-10-12-14-16-34(44)45/h29,36H,1-28H2,(H,37,41)(H,38,43)(H,39,42)(H,44,45)(H,46,47)/p-1/t29-/m0/s1. The van der Waals surface area contributed by atoms with Gasteiger partial charge in [0.2, 0.25) is 17.7 Å². The van der Waals surface area contributed by atoms with Gasteiger partial charge in [0, 0.05) is 31.9 Å². The van der Waals surface area contributed by atoms with Crippen LogP contribution in [0.15, 0.2) is 0 Å². The smallest absolute Gasteiger partial charge is 0.326 e. The fourth-order valence-corrected chi connectivity index (χ4v) is 4.91. The van der Waals surface area contributed by atoms with Gasteiger partial charge < -0.3 is 49.9 Å². The number of hydrogen-bond donors (Lipinski definition) is 4. The van der Waals surface area contributed by atoms with Gasteiger partial charge in [-0.25, -0.2) is 4.79 Å². The van der Waals surface area contributed by atoms with Gasteiger partial charge in [0.1, 0.15) is 19.3 Å². The second-order valence-corrected chi connectivity index (χ2v) is 12.3. The van der Waals surface area contributed by atoms with Crippen molar-refractivity contribution in [1.82, 2.24) is 21.7 Å². The van der Waals surface area contributed by atoms with Crippen LogP contribution in [0.1, 0.15) is 116 Å². The Balaban J connectivity index is 3.66. The van der Waals surface area contributed by atoms with Crippen LogP contribution in [-0.2, 0) is 47.7 Å². The first-order valence-electron chi connectivity index (χ1n) is 18.4. The zero-order valence-corrected chi connectivity index (χ0v) is 30.3. The molecule has 0 aliphatic heterocycles. The lowest BCUT2D eigenvalue weighted by Crippen LogP contribution is -2.41. The molecule has 0 bridgehead atoms. The summed E-state index contributed by atoms with van der Waals surface area (Å²) in [6, 6.07) is -1.14. The summed E-state index contributed by atoms with van der Waals surface area (Å²) in [6.07, 6.45) is 15.2. The van der Waals surface area contributed by atoms with Gasteiger partial charge in [-0.3, -0.25) is 24.9 Å². The molecule has 16 nitrogen and oxygen atoms in total. The monoisotopic (exact) mass is 730 g/mol. The highest BCUT2D eigenvalue weighted by molar-refractivity contribution is 5.84. The Morgan fingerprint density at radius 3 is 1.43 bits per heavy atom. The summed E-state index contributed by atoms with van der Waals surface area (Å²) >= 11 is 0. The molecule has 0 heterocycles. The molecule has 0 spiro atoms. The van der Waals surface area contributed by atoms with E-state index in [1.54, 1.807) is 0 Å². The van der Waals surface area contributed by atoms with Crippen molar-refractivity contribution >= 4 is 35.6 Å². The van der Waals surface area contributed by atoms with E-state index in [0.717, 1.165) is 44.9 Å². The summed E-state index contributed by atoms with van der Waals surface area (Å²) in [7, 11) is 0. The minimum atomic E-state index is -1.18. The number of carbonyl (C=O) groups is 6. The van der Waals surface area contributed by atoms with Gasteiger partial charge in [0.05, 0.1) is 39.6 Å². The number of ether oxygens (including phenoxy) is 4. The minimum Gasteiger partial charge on any atom is -0.550 e. The predicted molar refractivity (Wildman–Crippen MR) is 185 cm³/mol. The van der Waals surface area contributed by atoms with E-state index in [2.05, 4.69) is 16.0 Å². The first-order chi connectivity index (χ1) is 24.6. The van der Waals surface area contributed by atoms with E-state index in [9.17, 15) is 39.0 Å². The summed E-state index contributed by atoms with van der Waals surface area (Å²) in [4.78, 5) is 68.5. The molecular weight excluding hydrogens is 668 g/mol. The van der Waals surface area contributed by atoms with Crippen molar-refractivity contribution in [2.75, 3.05) is 65.9 Å². The summed E-state index contributed by atoms with van der Waals surface area (Å²) in [5.41, 5.74) is 6.69. The number of carbonyl (C=O) groups excluding carboxylic acids is 5. The van der Waals surface area contributed by atoms with E-state index in [1.807, 2.05) is 0 Å². The second-order valence-electron chi connectivity index (χ2n) is 12.3. The van der Waals surface area contributed by atoms with Gasteiger partial charge in [0.15, 0.2) is 0 Å². The van der Waals surface area contributed by atoms with E-state index in [-0.39, 0.29) is 109 Å². The van der Waals surface area contributed by atoms with Crippen LogP contribution in [0.4, 0.5) is 0 Å². The Morgan fingerprint density at radius 2 is 0.961 bits per heavy atom. The Kier molecular flexibility index (Phi) is 32.8. The maximum absolute atomic E-state index is 12.3. The van der Waals surface area contributed by atoms with E-state index >= 15 is 0 Å². The highest BCUT2D eigenvalue weighted by Gasteiger charge is 2.20. The lowest BCUT2D eigenvalue weighted by atomic mass is 10.0. The SMILES string of the molecule is [NH]C(=O)COCCOCCNC(=O)COCCOCCNC(=O)CC[C@H](NC(=O)CCCCCCCCCCCCCCCCC(=O)[O-])C(=O)O. The van der Waals surface area contributed by atoms with Gasteiger partial charge in [-0.15, -0.1) is 0 Å². The Hall–Kier alpha value is -3.34. The molecule has 0 aliphatic carbocycles. The second kappa shape index (κ2) is 35.1. The predicted octanol–water partition coefficient (Wildman–Crippen LogP) is 1.44. The molecule has 0 unspecified atom stereocenters. The van der Waals surface area contributed by atoms with E-state index in [1.165, 1.54) is 32.1 Å². The Labute approximate surface area is 302 Å². The van der Waals surface area contributed by atoms with Crippen molar-refractivity contribution in [2.45, 2.75) is 122 Å². The molecule has 0 saturated heterocycles. The lowest BCUT2D eigenvalue weighted by Gasteiger charge is -2.14. The van der Waals surface area contributed by atoms with Gasteiger partial charge in [-0.1, -0.05) is 77.0 Å². The average Bonchev–Trinajstić information content (AvgIpc) is 3.08. The van der Waals surface area contributed by atoms with Gasteiger partial charge in [-0.05, 0) is 25.7 Å². The summed E-state index contributed by atoms with van der Waals surface area (Å²) in [5.74, 6) is -3.96. The number of nitrogens with one attached hydrogen (secondary N) is 4. The third-order valence-electron chi connectivity index (χ3n) is 7.68. The van der Waals surface area contributed by atoms with Gasteiger partial charge in [-0.2, -0.15) is 0 Å². The van der Waals surface area contributed by atoms with Crippen LogP contribution in [0.2, 0.25) is 0 Å². The van der Waals surface area contributed by atoms with Crippen molar-refractivity contribution in [3.8, 4) is 0 Å². The van der Waals surface area contributed by atoms with E-state index in [4.69, 9.17) is 24.7 Å². The van der Waals surface area contributed by atoms with Crippen LogP contribution in [0.3, 0.4) is 0 Å². The summed E-state index contributed by atoms with van der Waals surface area (Å²) < 4.78 is 20.6. The molecule has 295 valence electrons. The molecule has 0 aromatic rings. The zero-order chi connectivity index (χ0) is 37.8. The lowest BCUT2D eigenvalue weighted by molar-refractivity contribution is -0.305. The topological polar surface area (TPSA) is 243 Å². The number of rotatable bonds is 38. The van der Waals surface area contributed by atoms with E-state index < -0.39 is 23.9 Å². The molecule has 0 rings (SSSR count). The number of hydrogen-bond acceptors (Lipinski definition) is 11. The van der Waals surface area contributed by atoms with Crippen LogP contribution in [-0.4, -0.2) is 113 Å². The fourth-order valence-electron chi connectivity index (χ4n) is 4.91. The molecule has 4 amide bonds. The molecule has 0 aliphatic rings. The normalized spacial score (nSPS) is 11.5. The van der Waals surface area contributed by atoms with E-state index in [0.29, 0.717) is 12.8 Å². The zero-order valence-electron chi connectivity index (χ0n) is 30.3. The maximum Gasteiger partial charge on any atom is 0.326 e. The number of aliphatic carboxylic acids is 2. The highest BCUT2D eigenvalue weighted by Crippen LogP contribution is 2.14. The summed E-state index contributed by atoms with van der Waals surface area (Å²) in [5, 5.41) is 27.6. The third kappa shape index (κ3) is 36.3. The molecule has 16 heteroatoms. The molecule has 0 fully saturated rings.